The lowest BCUT2D eigenvalue weighted by Crippen LogP contribution is -2.21. The van der Waals surface area contributed by atoms with Crippen LogP contribution in [0.4, 0.5) is 32.7 Å². The summed E-state index contributed by atoms with van der Waals surface area (Å²) in [5.74, 6) is 0.505. The fourth-order valence-electron chi connectivity index (χ4n) is 6.95. The molecule has 8 aromatic rings. The van der Waals surface area contributed by atoms with E-state index in [9.17, 15) is 19.2 Å². The van der Waals surface area contributed by atoms with Crippen LogP contribution in [0.3, 0.4) is 0 Å². The molecule has 360 valence electrons. The van der Waals surface area contributed by atoms with Gasteiger partial charge in [0.05, 0.1) is 11.4 Å². The highest BCUT2D eigenvalue weighted by Gasteiger charge is 2.22. The Kier molecular flexibility index (Phi) is 15.4. The number of amides is 4. The molecular weight excluding hydrogens is 937 g/mol. The van der Waals surface area contributed by atoms with Crippen LogP contribution in [-0.4, -0.2) is 64.0 Å². The summed E-state index contributed by atoms with van der Waals surface area (Å²) in [6.07, 6.45) is 7.20. The summed E-state index contributed by atoms with van der Waals surface area (Å²) in [7, 11) is 3.39. The second kappa shape index (κ2) is 20.7. The van der Waals surface area contributed by atoms with Crippen LogP contribution in [0, 0.1) is 13.8 Å². The number of hydrogen-bond acceptors (Lipinski definition) is 14. The lowest BCUT2D eigenvalue weighted by molar-refractivity contribution is 0.260. The highest BCUT2D eigenvalue weighted by Crippen LogP contribution is 2.30. The maximum absolute atomic E-state index is 13.2. The van der Waals surface area contributed by atoms with Crippen molar-refractivity contribution >= 4 is 94.3 Å². The summed E-state index contributed by atoms with van der Waals surface area (Å²) >= 11 is 2.83. The van der Waals surface area contributed by atoms with Crippen LogP contribution in [0.1, 0.15) is 64.1 Å². The Bertz CT molecular complexity index is 3130. The number of nitrogens with zero attached hydrogens (tertiary/aromatic N) is 8. The van der Waals surface area contributed by atoms with E-state index in [0.29, 0.717) is 55.2 Å². The molecule has 0 radical (unpaired) electrons. The molecule has 69 heavy (non-hydrogen) atoms. The van der Waals surface area contributed by atoms with Gasteiger partial charge in [0, 0.05) is 82.7 Å². The normalized spacial score (nSPS) is 11.4. The van der Waals surface area contributed by atoms with Gasteiger partial charge in [-0.3, -0.25) is 29.4 Å². The molecule has 0 bridgehead atoms. The first-order valence-corrected chi connectivity index (χ1v) is 23.7. The minimum Gasteiger partial charge on any atom is -0.338 e. The van der Waals surface area contributed by atoms with Crippen molar-refractivity contribution in [2.75, 3.05) is 33.8 Å². The first-order chi connectivity index (χ1) is 32.1. The fraction of sp³-hybridized carbons (Fsp3) is 0.292. The molecule has 4 N–H and O–H groups in total. The van der Waals surface area contributed by atoms with Gasteiger partial charge < -0.3 is 19.7 Å². The molecule has 0 saturated carbocycles. The third-order valence-electron chi connectivity index (χ3n) is 10.8. The number of carbonyl (C=O) groups is 2. The minimum absolute atomic E-state index is 0. The predicted molar refractivity (Wildman–Crippen MR) is 280 cm³/mol. The smallest absolute Gasteiger partial charge is 0.326 e. The van der Waals surface area contributed by atoms with Crippen molar-refractivity contribution in [3.8, 4) is 22.3 Å². The maximum Gasteiger partial charge on any atom is 0.326 e. The summed E-state index contributed by atoms with van der Waals surface area (Å²) in [4.78, 5) is 69.0. The van der Waals surface area contributed by atoms with E-state index in [1.165, 1.54) is 32.7 Å². The van der Waals surface area contributed by atoms with Crippen molar-refractivity contribution < 1.29 is 18.6 Å². The highest BCUT2D eigenvalue weighted by molar-refractivity contribution is 7.98. The van der Waals surface area contributed by atoms with E-state index in [2.05, 4.69) is 51.5 Å². The molecule has 2 aromatic carbocycles. The molecule has 0 aliphatic carbocycles. The SMILES string of the molecule is CSc1ncc2cc(-c3cc(NC(=O)Nc4cc(C(C)(C)C)no4)ccc3C)c(=O)n(C)c2n1.CSc1ncc2cc(-c3cc(NC(=O)Nc4cc(C(C)(C)C)no4)ccc3C)c(=O)n(C)c2n1.S. The molecule has 0 spiro atoms. The molecule has 0 unspecified atom stereocenters. The summed E-state index contributed by atoms with van der Waals surface area (Å²) in [5.41, 5.74) is 7.15. The second-order valence-corrected chi connectivity index (χ2v) is 19.5. The average molecular weight is 991 g/mol. The van der Waals surface area contributed by atoms with E-state index >= 15 is 0 Å². The number of urea groups is 2. The molecule has 18 nitrogen and oxygen atoms in total. The molecule has 6 heterocycles. The number of fused-ring (bicyclic) bond motifs is 2. The molecule has 0 aliphatic rings. The molecule has 0 fully saturated rings. The van der Waals surface area contributed by atoms with Crippen LogP contribution in [0.15, 0.2) is 102 Å². The summed E-state index contributed by atoms with van der Waals surface area (Å²) < 4.78 is 13.5. The van der Waals surface area contributed by atoms with E-state index in [1.807, 2.05) is 80.0 Å². The molecule has 0 saturated heterocycles. The zero-order chi connectivity index (χ0) is 49.2. The summed E-state index contributed by atoms with van der Waals surface area (Å²) in [5, 5.41) is 21.6. The number of nitrogens with one attached hydrogen (secondary N) is 4. The zero-order valence-corrected chi connectivity index (χ0v) is 42.9. The second-order valence-electron chi connectivity index (χ2n) is 18.0. The third-order valence-corrected chi connectivity index (χ3v) is 11.9. The third kappa shape index (κ3) is 11.7. The highest BCUT2D eigenvalue weighted by atomic mass is 32.2. The fourth-order valence-corrected chi connectivity index (χ4v) is 7.62. The molecule has 8 rings (SSSR count). The largest absolute Gasteiger partial charge is 0.338 e. The number of aromatic nitrogens is 8. The van der Waals surface area contributed by atoms with Gasteiger partial charge in [0.2, 0.25) is 11.8 Å². The number of benzene rings is 2. The Morgan fingerprint density at radius 2 is 0.942 bits per heavy atom. The van der Waals surface area contributed by atoms with E-state index in [4.69, 9.17) is 9.05 Å². The van der Waals surface area contributed by atoms with Crippen LogP contribution in [0.5, 0.6) is 0 Å². The molecule has 0 aliphatic heterocycles. The predicted octanol–water partition coefficient (Wildman–Crippen LogP) is 10.0. The first kappa shape index (κ1) is 51.4. The summed E-state index contributed by atoms with van der Waals surface area (Å²) in [6, 6.07) is 16.8. The van der Waals surface area contributed by atoms with Crippen molar-refractivity contribution in [2.45, 2.75) is 76.5 Å². The Morgan fingerprint density at radius 3 is 1.28 bits per heavy atom. The van der Waals surface area contributed by atoms with E-state index < -0.39 is 12.1 Å². The van der Waals surface area contributed by atoms with Crippen LogP contribution >= 0.6 is 37.0 Å². The van der Waals surface area contributed by atoms with Gasteiger partial charge in [-0.25, -0.2) is 29.5 Å². The van der Waals surface area contributed by atoms with Crippen LogP contribution < -0.4 is 32.4 Å². The zero-order valence-electron chi connectivity index (χ0n) is 40.3. The van der Waals surface area contributed by atoms with Gasteiger partial charge in [0.25, 0.3) is 11.1 Å². The number of anilines is 4. The number of rotatable bonds is 8. The minimum atomic E-state index is -0.476. The van der Waals surface area contributed by atoms with Crippen molar-refractivity contribution in [1.82, 2.24) is 39.4 Å². The van der Waals surface area contributed by atoms with Gasteiger partial charge in [0.15, 0.2) is 10.3 Å². The monoisotopic (exact) mass is 990 g/mol. The van der Waals surface area contributed by atoms with Gasteiger partial charge in [-0.2, -0.15) is 13.5 Å². The lowest BCUT2D eigenvalue weighted by atomic mass is 9.92. The van der Waals surface area contributed by atoms with Crippen molar-refractivity contribution in [3.05, 3.63) is 116 Å². The van der Waals surface area contributed by atoms with E-state index in [0.717, 1.165) is 33.3 Å². The molecule has 6 aromatic heterocycles. The van der Waals surface area contributed by atoms with Gasteiger partial charge in [-0.15, -0.1) is 0 Å². The van der Waals surface area contributed by atoms with E-state index in [-0.39, 0.29) is 47.2 Å². The van der Waals surface area contributed by atoms with Crippen LogP contribution in [0.2, 0.25) is 0 Å². The number of carbonyl (C=O) groups excluding carboxylic acids is 2. The van der Waals surface area contributed by atoms with Crippen LogP contribution in [-0.2, 0) is 24.9 Å². The number of hydrogen-bond donors (Lipinski definition) is 4. The molecule has 0 atom stereocenters. The van der Waals surface area contributed by atoms with Gasteiger partial charge >= 0.3 is 12.1 Å². The number of thioether (sulfide) groups is 2. The van der Waals surface area contributed by atoms with Gasteiger partial charge in [-0.05, 0) is 85.0 Å². The van der Waals surface area contributed by atoms with Crippen molar-refractivity contribution in [3.63, 3.8) is 0 Å². The number of aryl methyl sites for hydroxylation is 4. The molecule has 4 amide bonds. The van der Waals surface area contributed by atoms with Gasteiger partial charge in [0.1, 0.15) is 11.3 Å². The Hall–Kier alpha value is -6.97. The Balaban J connectivity index is 0.000000224. The van der Waals surface area contributed by atoms with E-state index in [1.54, 1.807) is 75.0 Å². The first-order valence-electron chi connectivity index (χ1n) is 21.3. The molecule has 21 heteroatoms. The Labute approximate surface area is 413 Å². The van der Waals surface area contributed by atoms with Crippen molar-refractivity contribution in [2.24, 2.45) is 14.1 Å². The topological polar surface area (TPSA) is 230 Å². The Morgan fingerprint density at radius 1 is 0.565 bits per heavy atom. The standard InChI is InChI=1S/2C24H26N6O3S.H2S/c2*1-13-7-8-15(26-22(32)27-19-11-18(29-33-19)24(2,3)4)10-16(13)17-9-14-12-25-23(34-6)28-20(14)30(5)21(17)31;/h2*7-12H,1-6H3,(H2,26,27,32);1H2. The number of pyridine rings is 2. The average Bonchev–Trinajstić information content (AvgIpc) is 3.98. The quantitative estimate of drug-likeness (QED) is 0.0820. The van der Waals surface area contributed by atoms with Crippen molar-refractivity contribution in [1.29, 1.82) is 0 Å². The molecular formula is C48H54N12O6S3. The maximum atomic E-state index is 13.2. The van der Waals surface area contributed by atoms with Crippen LogP contribution in [0.25, 0.3) is 44.3 Å². The lowest BCUT2D eigenvalue weighted by Gasteiger charge is -2.13. The summed E-state index contributed by atoms with van der Waals surface area (Å²) in [6.45, 7) is 15.9. The van der Waals surface area contributed by atoms with Gasteiger partial charge in [-0.1, -0.05) is 87.5 Å².